The van der Waals surface area contributed by atoms with Crippen molar-refractivity contribution < 1.29 is 8.42 Å². The van der Waals surface area contributed by atoms with Crippen LogP contribution in [0.4, 0.5) is 0 Å². The van der Waals surface area contributed by atoms with Gasteiger partial charge >= 0.3 is 0 Å². The van der Waals surface area contributed by atoms with Gasteiger partial charge in [-0.2, -0.15) is 17.0 Å². The number of hydrogen-bond donors (Lipinski definition) is 1. The first-order valence-electron chi connectivity index (χ1n) is 6.95. The molecule has 0 aromatic carbocycles. The summed E-state index contributed by atoms with van der Waals surface area (Å²) in [6, 6.07) is 0.307. The van der Waals surface area contributed by atoms with Crippen molar-refractivity contribution in [3.63, 3.8) is 0 Å². The van der Waals surface area contributed by atoms with Crippen LogP contribution in [0.5, 0.6) is 0 Å². The molecule has 0 bridgehead atoms. The van der Waals surface area contributed by atoms with Gasteiger partial charge in [-0.05, 0) is 25.8 Å². The Labute approximate surface area is 123 Å². The molecule has 1 atom stereocenters. The topological polar surface area (TPSA) is 52.7 Å². The Kier molecular flexibility index (Phi) is 6.53. The lowest BCUT2D eigenvalue weighted by atomic mass is 9.96. The number of likely N-dealkylation sites (N-methyl/N-ethyl adjacent to an activating group) is 1. The highest BCUT2D eigenvalue weighted by atomic mass is 35.5. The third-order valence-electron chi connectivity index (χ3n) is 4.37. The van der Waals surface area contributed by atoms with Crippen LogP contribution in [0.25, 0.3) is 0 Å². The van der Waals surface area contributed by atoms with E-state index in [1.54, 1.807) is 22.7 Å². The zero-order chi connectivity index (χ0) is 13.2. The predicted molar refractivity (Wildman–Crippen MR) is 79.8 cm³/mol. The molecule has 1 saturated carbocycles. The van der Waals surface area contributed by atoms with E-state index in [0.29, 0.717) is 0 Å². The van der Waals surface area contributed by atoms with E-state index in [2.05, 4.69) is 5.32 Å². The summed E-state index contributed by atoms with van der Waals surface area (Å²) in [6.07, 6.45) is 6.47. The van der Waals surface area contributed by atoms with E-state index in [9.17, 15) is 8.42 Å². The summed E-state index contributed by atoms with van der Waals surface area (Å²) in [5, 5.41) is 3.22. The van der Waals surface area contributed by atoms with Crippen LogP contribution in [-0.2, 0) is 10.2 Å². The van der Waals surface area contributed by atoms with Gasteiger partial charge in [0.15, 0.2) is 0 Å². The Morgan fingerprint density at radius 1 is 0.947 bits per heavy atom. The molecule has 1 N–H and O–H groups in total. The summed E-state index contributed by atoms with van der Waals surface area (Å²) >= 11 is 0. The van der Waals surface area contributed by atoms with E-state index >= 15 is 0 Å². The van der Waals surface area contributed by atoms with E-state index in [4.69, 9.17) is 0 Å². The molecule has 5 nitrogen and oxygen atoms in total. The van der Waals surface area contributed by atoms with Gasteiger partial charge in [0, 0.05) is 32.7 Å². The number of halogens is 1. The normalized spacial score (nSPS) is 25.8. The van der Waals surface area contributed by atoms with Crippen LogP contribution in [0.3, 0.4) is 0 Å². The van der Waals surface area contributed by atoms with E-state index in [-0.39, 0.29) is 24.5 Å². The maximum Gasteiger partial charge on any atom is 0.282 e. The fourth-order valence-corrected chi connectivity index (χ4v) is 4.52. The second kappa shape index (κ2) is 7.22. The Balaban J connectivity index is 0.00000180. The fraction of sp³-hybridized carbons (Fsp3) is 1.00. The van der Waals surface area contributed by atoms with Gasteiger partial charge in [0.25, 0.3) is 10.2 Å². The van der Waals surface area contributed by atoms with E-state index in [0.717, 1.165) is 45.2 Å². The van der Waals surface area contributed by atoms with Crippen LogP contribution in [0.15, 0.2) is 0 Å². The highest BCUT2D eigenvalue weighted by molar-refractivity contribution is 7.86. The summed E-state index contributed by atoms with van der Waals surface area (Å²) in [6.45, 7) is 1.69. The minimum atomic E-state index is -3.30. The Morgan fingerprint density at radius 3 is 2.05 bits per heavy atom. The number of rotatable bonds is 4. The van der Waals surface area contributed by atoms with E-state index < -0.39 is 10.2 Å². The highest BCUT2D eigenvalue weighted by Gasteiger charge is 2.35. The molecule has 19 heavy (non-hydrogen) atoms. The molecule has 1 aliphatic heterocycles. The molecule has 0 aromatic heterocycles. The summed E-state index contributed by atoms with van der Waals surface area (Å²) in [5.74, 6) is 0. The maximum atomic E-state index is 12.5. The van der Waals surface area contributed by atoms with Crippen molar-refractivity contribution in [2.45, 2.75) is 50.6 Å². The molecule has 1 unspecified atom stereocenters. The van der Waals surface area contributed by atoms with Crippen molar-refractivity contribution in [1.29, 1.82) is 0 Å². The lowest BCUT2D eigenvalue weighted by Gasteiger charge is -2.35. The number of nitrogens with one attached hydrogen (secondary N) is 1. The molecule has 114 valence electrons. The van der Waals surface area contributed by atoms with Crippen LogP contribution in [0.1, 0.15) is 38.5 Å². The fourth-order valence-electron chi connectivity index (χ4n) is 2.97. The minimum Gasteiger partial charge on any atom is -0.315 e. The van der Waals surface area contributed by atoms with Crippen LogP contribution in [0, 0.1) is 0 Å². The van der Waals surface area contributed by atoms with Crippen molar-refractivity contribution in [2.75, 3.05) is 27.2 Å². The quantitative estimate of drug-likeness (QED) is 0.849. The van der Waals surface area contributed by atoms with Gasteiger partial charge in [0.1, 0.15) is 0 Å². The van der Waals surface area contributed by atoms with Crippen molar-refractivity contribution in [3.8, 4) is 0 Å². The minimum absolute atomic E-state index is 0. The lowest BCUT2D eigenvalue weighted by Crippen LogP contribution is -2.49. The zero-order valence-corrected chi connectivity index (χ0v) is 13.5. The molecule has 7 heteroatoms. The van der Waals surface area contributed by atoms with Gasteiger partial charge in [-0.3, -0.25) is 0 Å². The van der Waals surface area contributed by atoms with Gasteiger partial charge in [-0.25, -0.2) is 0 Å². The van der Waals surface area contributed by atoms with Crippen molar-refractivity contribution in [2.24, 2.45) is 0 Å². The maximum absolute atomic E-state index is 12.5. The zero-order valence-electron chi connectivity index (χ0n) is 11.8. The summed E-state index contributed by atoms with van der Waals surface area (Å²) in [5.41, 5.74) is 0. The number of hydrogen-bond acceptors (Lipinski definition) is 3. The standard InChI is InChI=1S/C12H25N3O2S.ClH/c1-14(11-6-4-3-5-7-11)18(16,17)15(2)12-8-9-13-10-12;/h11-13H,3-10H2,1-2H3;1H. The summed E-state index contributed by atoms with van der Waals surface area (Å²) in [7, 11) is 0.160. The third-order valence-corrected chi connectivity index (χ3v) is 6.42. The van der Waals surface area contributed by atoms with Crippen molar-refractivity contribution in [3.05, 3.63) is 0 Å². The lowest BCUT2D eigenvalue weighted by molar-refractivity contribution is 0.259. The molecular formula is C12H26ClN3O2S. The first-order chi connectivity index (χ1) is 8.53. The van der Waals surface area contributed by atoms with E-state index in [1.807, 2.05) is 0 Å². The number of nitrogens with zero attached hydrogens (tertiary/aromatic N) is 2. The van der Waals surface area contributed by atoms with Gasteiger partial charge in [0.05, 0.1) is 0 Å². The Hall–Kier alpha value is 0.120. The molecule has 2 fully saturated rings. The van der Waals surface area contributed by atoms with Crippen LogP contribution in [0.2, 0.25) is 0 Å². The molecule has 0 spiro atoms. The Bertz CT molecular complexity index is 365. The van der Waals surface area contributed by atoms with Crippen molar-refractivity contribution in [1.82, 2.24) is 13.9 Å². The van der Waals surface area contributed by atoms with Crippen molar-refractivity contribution >= 4 is 22.6 Å². The first-order valence-corrected chi connectivity index (χ1v) is 8.35. The largest absolute Gasteiger partial charge is 0.315 e. The molecule has 1 saturated heterocycles. The van der Waals surface area contributed by atoms with Crippen LogP contribution >= 0.6 is 12.4 Å². The molecule has 0 aromatic rings. The van der Waals surface area contributed by atoms with Gasteiger partial charge in [-0.1, -0.05) is 19.3 Å². The highest BCUT2D eigenvalue weighted by Crippen LogP contribution is 2.25. The van der Waals surface area contributed by atoms with Crippen LogP contribution in [-0.4, -0.2) is 56.3 Å². The SMILES string of the molecule is CN(C1CCCCC1)S(=O)(=O)N(C)C1CCNC1.Cl. The molecule has 2 aliphatic rings. The monoisotopic (exact) mass is 311 g/mol. The summed E-state index contributed by atoms with van der Waals surface area (Å²) < 4.78 is 28.2. The molecule has 0 amide bonds. The molecule has 2 rings (SSSR count). The molecule has 1 heterocycles. The first kappa shape index (κ1) is 17.2. The smallest absolute Gasteiger partial charge is 0.282 e. The molecular weight excluding hydrogens is 286 g/mol. The Morgan fingerprint density at radius 2 is 1.53 bits per heavy atom. The van der Waals surface area contributed by atoms with Gasteiger partial charge < -0.3 is 5.32 Å². The van der Waals surface area contributed by atoms with E-state index in [1.165, 1.54) is 6.42 Å². The van der Waals surface area contributed by atoms with Gasteiger partial charge in [0.2, 0.25) is 0 Å². The average Bonchev–Trinajstić information content (AvgIpc) is 2.91. The second-order valence-electron chi connectivity index (χ2n) is 5.48. The second-order valence-corrected chi connectivity index (χ2v) is 7.53. The molecule has 0 radical (unpaired) electrons. The van der Waals surface area contributed by atoms with Gasteiger partial charge in [-0.15, -0.1) is 12.4 Å². The average molecular weight is 312 g/mol. The van der Waals surface area contributed by atoms with Crippen LogP contribution < -0.4 is 5.32 Å². The molecule has 1 aliphatic carbocycles. The third kappa shape index (κ3) is 3.82. The predicted octanol–water partition coefficient (Wildman–Crippen LogP) is 1.21. The summed E-state index contributed by atoms with van der Waals surface area (Å²) in [4.78, 5) is 0.